The molecule has 0 saturated carbocycles. The molecule has 0 amide bonds. The first-order chi connectivity index (χ1) is 11.3. The first kappa shape index (κ1) is 21.6. The number of carbonyl (C=O) groups excluding carboxylic acids is 3. The monoisotopic (exact) mass is 338 g/mol. The minimum atomic E-state index is -1.79. The van der Waals surface area contributed by atoms with Gasteiger partial charge in [-0.3, -0.25) is 0 Å². The lowest BCUT2D eigenvalue weighted by Gasteiger charge is -2.46. The van der Waals surface area contributed by atoms with Crippen LogP contribution in [0, 0.1) is 5.41 Å². The molecule has 0 heterocycles. The predicted octanol–water partition coefficient (Wildman–Crippen LogP) is 3.09. The van der Waals surface area contributed by atoms with Crippen molar-refractivity contribution >= 4 is 17.9 Å². The maximum atomic E-state index is 11.9. The molecular weight excluding hydrogens is 312 g/mol. The largest absolute Gasteiger partial charge is 0.454 e. The summed E-state index contributed by atoms with van der Waals surface area (Å²) in [4.78, 5) is 35.3. The van der Waals surface area contributed by atoms with E-state index in [1.165, 1.54) is 0 Å². The van der Waals surface area contributed by atoms with E-state index in [2.05, 4.69) is 19.7 Å². The Kier molecular flexibility index (Phi) is 8.74. The minimum absolute atomic E-state index is 0.452. The molecule has 24 heavy (non-hydrogen) atoms. The van der Waals surface area contributed by atoms with Gasteiger partial charge in [0.25, 0.3) is 5.79 Å². The molecule has 6 heteroatoms. The van der Waals surface area contributed by atoms with Crippen LogP contribution in [0.5, 0.6) is 0 Å². The molecular formula is C18H26O6. The summed E-state index contributed by atoms with van der Waals surface area (Å²) in [6.07, 6.45) is 4.43. The zero-order valence-corrected chi connectivity index (χ0v) is 14.6. The molecule has 0 aliphatic rings. The van der Waals surface area contributed by atoms with Crippen molar-refractivity contribution in [1.82, 2.24) is 0 Å². The molecule has 0 fully saturated rings. The number of hydrogen-bond acceptors (Lipinski definition) is 6. The summed E-state index contributed by atoms with van der Waals surface area (Å²) in [6, 6.07) is 0. The summed E-state index contributed by atoms with van der Waals surface area (Å²) >= 11 is 0. The van der Waals surface area contributed by atoms with Gasteiger partial charge in [-0.15, -0.1) is 0 Å². The molecule has 0 spiro atoms. The van der Waals surface area contributed by atoms with Gasteiger partial charge in [0, 0.05) is 18.2 Å². The van der Waals surface area contributed by atoms with E-state index in [1.807, 2.05) is 20.8 Å². The van der Waals surface area contributed by atoms with E-state index in [0.717, 1.165) is 18.2 Å². The highest BCUT2D eigenvalue weighted by Crippen LogP contribution is 2.45. The maximum Gasteiger partial charge on any atom is 0.333 e. The van der Waals surface area contributed by atoms with Crippen molar-refractivity contribution in [2.24, 2.45) is 5.41 Å². The van der Waals surface area contributed by atoms with Crippen molar-refractivity contribution in [3.05, 3.63) is 38.0 Å². The van der Waals surface area contributed by atoms with Gasteiger partial charge in [-0.1, -0.05) is 40.5 Å². The average molecular weight is 338 g/mol. The van der Waals surface area contributed by atoms with Gasteiger partial charge in [0.05, 0.1) is 5.41 Å². The SMILES string of the molecule is C=CC(=O)OCC(OC(=O)C=C)(OC(=O)C=C)C(CC)(CC)CC. The van der Waals surface area contributed by atoms with Crippen molar-refractivity contribution < 1.29 is 28.6 Å². The number of ether oxygens (including phenoxy) is 3. The Morgan fingerprint density at radius 1 is 0.792 bits per heavy atom. The lowest BCUT2D eigenvalue weighted by atomic mass is 9.72. The lowest BCUT2D eigenvalue weighted by Crippen LogP contribution is -2.57. The van der Waals surface area contributed by atoms with Crippen LogP contribution in [0.15, 0.2) is 38.0 Å². The molecule has 0 aromatic carbocycles. The quantitative estimate of drug-likeness (QED) is 0.327. The van der Waals surface area contributed by atoms with Crippen molar-refractivity contribution in [2.45, 2.75) is 45.8 Å². The average Bonchev–Trinajstić information content (AvgIpc) is 2.60. The summed E-state index contributed by atoms with van der Waals surface area (Å²) in [6.45, 7) is 15.2. The smallest absolute Gasteiger partial charge is 0.333 e. The van der Waals surface area contributed by atoms with E-state index in [1.54, 1.807) is 0 Å². The second-order valence-corrected chi connectivity index (χ2v) is 5.16. The highest BCUT2D eigenvalue weighted by atomic mass is 16.8. The van der Waals surface area contributed by atoms with Crippen molar-refractivity contribution in [3.63, 3.8) is 0 Å². The third-order valence-corrected chi connectivity index (χ3v) is 4.27. The van der Waals surface area contributed by atoms with Crippen molar-refractivity contribution in [2.75, 3.05) is 6.61 Å². The maximum absolute atomic E-state index is 11.9. The van der Waals surface area contributed by atoms with Gasteiger partial charge in [-0.05, 0) is 19.3 Å². The molecule has 0 unspecified atom stereocenters. The summed E-state index contributed by atoms with van der Waals surface area (Å²) in [7, 11) is 0. The van der Waals surface area contributed by atoms with E-state index < -0.39 is 35.7 Å². The van der Waals surface area contributed by atoms with Crippen molar-refractivity contribution in [1.29, 1.82) is 0 Å². The molecule has 0 atom stereocenters. The van der Waals surface area contributed by atoms with E-state index in [0.29, 0.717) is 19.3 Å². The van der Waals surface area contributed by atoms with Gasteiger partial charge < -0.3 is 14.2 Å². The normalized spacial score (nSPS) is 11.1. The molecule has 6 nitrogen and oxygen atoms in total. The predicted molar refractivity (Wildman–Crippen MR) is 89.8 cm³/mol. The number of esters is 3. The molecule has 0 N–H and O–H groups in total. The van der Waals surface area contributed by atoms with Gasteiger partial charge in [0.1, 0.15) is 0 Å². The third kappa shape index (κ3) is 4.81. The lowest BCUT2D eigenvalue weighted by molar-refractivity contribution is -0.286. The Labute approximate surface area is 143 Å². The van der Waals surface area contributed by atoms with Gasteiger partial charge in [0.2, 0.25) is 0 Å². The highest BCUT2D eigenvalue weighted by molar-refractivity contribution is 5.84. The zero-order chi connectivity index (χ0) is 18.8. The van der Waals surface area contributed by atoms with E-state index in [-0.39, 0.29) is 0 Å². The first-order valence-electron chi connectivity index (χ1n) is 7.80. The molecule has 0 aliphatic heterocycles. The molecule has 0 saturated heterocycles. The number of carbonyl (C=O) groups is 3. The molecule has 0 aromatic rings. The molecule has 0 aliphatic carbocycles. The first-order valence-corrected chi connectivity index (χ1v) is 7.80. The van der Waals surface area contributed by atoms with Crippen LogP contribution in [0.25, 0.3) is 0 Å². The second-order valence-electron chi connectivity index (χ2n) is 5.16. The zero-order valence-electron chi connectivity index (χ0n) is 14.6. The van der Waals surface area contributed by atoms with Gasteiger partial charge in [-0.25, -0.2) is 14.4 Å². The summed E-state index contributed by atoms with van der Waals surface area (Å²) in [5.74, 6) is -4.09. The minimum Gasteiger partial charge on any atom is -0.454 e. The summed E-state index contributed by atoms with van der Waals surface area (Å²) in [5.41, 5.74) is -0.758. The topological polar surface area (TPSA) is 78.9 Å². The second kappa shape index (κ2) is 9.70. The van der Waals surface area contributed by atoms with Crippen LogP contribution in [-0.4, -0.2) is 30.3 Å². The molecule has 134 valence electrons. The summed E-state index contributed by atoms with van der Waals surface area (Å²) in [5, 5.41) is 0. The molecule has 0 aromatic heterocycles. The van der Waals surface area contributed by atoms with Crippen LogP contribution >= 0.6 is 0 Å². The Bertz CT molecular complexity index is 471. The van der Waals surface area contributed by atoms with E-state index in [9.17, 15) is 14.4 Å². The third-order valence-electron chi connectivity index (χ3n) is 4.27. The summed E-state index contributed by atoms with van der Waals surface area (Å²) < 4.78 is 15.9. The number of hydrogen-bond donors (Lipinski definition) is 0. The van der Waals surface area contributed by atoms with Gasteiger partial charge in [-0.2, -0.15) is 0 Å². The molecule has 0 radical (unpaired) electrons. The van der Waals surface area contributed by atoms with Gasteiger partial charge >= 0.3 is 17.9 Å². The number of rotatable bonds is 11. The van der Waals surface area contributed by atoms with E-state index in [4.69, 9.17) is 14.2 Å². The van der Waals surface area contributed by atoms with Crippen LogP contribution < -0.4 is 0 Å². The van der Waals surface area contributed by atoms with Crippen LogP contribution in [0.1, 0.15) is 40.0 Å². The van der Waals surface area contributed by atoms with Crippen molar-refractivity contribution in [3.8, 4) is 0 Å². The Hall–Kier alpha value is -2.37. The molecule has 0 bridgehead atoms. The van der Waals surface area contributed by atoms with Gasteiger partial charge in [0.15, 0.2) is 6.61 Å². The van der Waals surface area contributed by atoms with Crippen LogP contribution in [0.4, 0.5) is 0 Å². The highest BCUT2D eigenvalue weighted by Gasteiger charge is 2.55. The van der Waals surface area contributed by atoms with Crippen LogP contribution in [-0.2, 0) is 28.6 Å². The fourth-order valence-electron chi connectivity index (χ4n) is 2.64. The Morgan fingerprint density at radius 3 is 1.46 bits per heavy atom. The van der Waals surface area contributed by atoms with Crippen LogP contribution in [0.3, 0.4) is 0 Å². The fourth-order valence-corrected chi connectivity index (χ4v) is 2.64. The fraction of sp³-hybridized carbons (Fsp3) is 0.500. The molecule has 0 rings (SSSR count). The van der Waals surface area contributed by atoms with Crippen LogP contribution in [0.2, 0.25) is 0 Å². The van der Waals surface area contributed by atoms with E-state index >= 15 is 0 Å². The standard InChI is InChI=1S/C18H26O6/c1-7-14(19)22-13-18(23-15(20)8-2,24-16(21)9-3)17(10-4,11-5)12-6/h7-9H,1-3,10-13H2,4-6H3. The Balaban J connectivity index is 6.14. The Morgan fingerprint density at radius 2 is 1.17 bits per heavy atom.